The van der Waals surface area contributed by atoms with E-state index in [-0.39, 0.29) is 5.56 Å². The lowest BCUT2D eigenvalue weighted by molar-refractivity contribution is 0.737. The van der Waals surface area contributed by atoms with Gasteiger partial charge in [-0.15, -0.1) is 0 Å². The van der Waals surface area contributed by atoms with Gasteiger partial charge in [-0.2, -0.15) is 5.10 Å². The normalized spacial score (nSPS) is 11.1. The van der Waals surface area contributed by atoms with Crippen molar-refractivity contribution >= 4 is 11.0 Å². The van der Waals surface area contributed by atoms with Crippen LogP contribution in [0.1, 0.15) is 11.1 Å². The largest absolute Gasteiger partial charge is 0.294 e. The van der Waals surface area contributed by atoms with E-state index >= 15 is 0 Å². The van der Waals surface area contributed by atoms with E-state index in [1.807, 2.05) is 31.2 Å². The molecule has 0 radical (unpaired) electrons. The Morgan fingerprint density at radius 3 is 2.68 bits per heavy atom. The van der Waals surface area contributed by atoms with Crippen molar-refractivity contribution in [1.29, 1.82) is 0 Å². The van der Waals surface area contributed by atoms with E-state index in [4.69, 9.17) is 0 Å². The first-order chi connectivity index (χ1) is 9.15. The molecule has 96 valence electrons. The summed E-state index contributed by atoms with van der Waals surface area (Å²) < 4.78 is 3.21. The van der Waals surface area contributed by atoms with Crippen LogP contribution in [0.2, 0.25) is 0 Å². The first-order valence-electron chi connectivity index (χ1n) is 6.08. The second kappa shape index (κ2) is 4.35. The summed E-state index contributed by atoms with van der Waals surface area (Å²) in [4.78, 5) is 16.6. The molecule has 2 heterocycles. The van der Waals surface area contributed by atoms with Crippen LogP contribution in [0.25, 0.3) is 11.0 Å². The van der Waals surface area contributed by atoms with Gasteiger partial charge in [0.05, 0.1) is 12.7 Å². The molecule has 2 aromatic heterocycles. The summed E-state index contributed by atoms with van der Waals surface area (Å²) in [7, 11) is 1.78. The van der Waals surface area contributed by atoms with Crippen molar-refractivity contribution in [1.82, 2.24) is 19.3 Å². The van der Waals surface area contributed by atoms with Gasteiger partial charge in [0, 0.05) is 7.05 Å². The number of rotatable bonds is 2. The summed E-state index contributed by atoms with van der Waals surface area (Å²) in [6.45, 7) is 2.57. The van der Waals surface area contributed by atoms with E-state index in [1.54, 1.807) is 28.8 Å². The van der Waals surface area contributed by atoms with Crippen molar-refractivity contribution < 1.29 is 0 Å². The van der Waals surface area contributed by atoms with Crippen LogP contribution in [-0.4, -0.2) is 19.3 Å². The Kier molecular flexibility index (Phi) is 2.67. The maximum Gasteiger partial charge on any atom is 0.264 e. The van der Waals surface area contributed by atoms with Gasteiger partial charge in [-0.3, -0.25) is 14.0 Å². The fourth-order valence-corrected chi connectivity index (χ4v) is 2.07. The highest BCUT2D eigenvalue weighted by molar-refractivity contribution is 5.72. The van der Waals surface area contributed by atoms with Crippen LogP contribution in [0.15, 0.2) is 41.6 Å². The van der Waals surface area contributed by atoms with E-state index in [2.05, 4.69) is 10.1 Å². The first kappa shape index (κ1) is 11.6. The Morgan fingerprint density at radius 1 is 1.21 bits per heavy atom. The van der Waals surface area contributed by atoms with Crippen molar-refractivity contribution in [3.63, 3.8) is 0 Å². The van der Waals surface area contributed by atoms with Crippen LogP contribution in [0.5, 0.6) is 0 Å². The molecule has 0 atom stereocenters. The number of aromatic nitrogens is 4. The fraction of sp³-hybridized carbons (Fsp3) is 0.214. The molecule has 5 heteroatoms. The van der Waals surface area contributed by atoms with Crippen molar-refractivity contribution in [2.75, 3.05) is 0 Å². The highest BCUT2D eigenvalue weighted by Gasteiger charge is 2.08. The van der Waals surface area contributed by atoms with Crippen LogP contribution in [0.4, 0.5) is 0 Å². The zero-order valence-corrected chi connectivity index (χ0v) is 10.9. The molecule has 0 aliphatic carbocycles. The van der Waals surface area contributed by atoms with Gasteiger partial charge < -0.3 is 0 Å². The third kappa shape index (κ3) is 2.03. The minimum atomic E-state index is -0.0568. The summed E-state index contributed by atoms with van der Waals surface area (Å²) >= 11 is 0. The zero-order valence-electron chi connectivity index (χ0n) is 10.9. The molecule has 0 bridgehead atoms. The third-order valence-electron chi connectivity index (χ3n) is 3.19. The van der Waals surface area contributed by atoms with Crippen molar-refractivity contribution in [2.45, 2.75) is 13.5 Å². The Morgan fingerprint density at radius 2 is 1.95 bits per heavy atom. The molecule has 1 aromatic carbocycles. The Labute approximate surface area is 110 Å². The SMILES string of the molecule is Cc1ccc(Cn2cnc3c(cnn3C)c2=O)cc1. The summed E-state index contributed by atoms with van der Waals surface area (Å²) in [6.07, 6.45) is 3.14. The maximum atomic E-state index is 12.3. The standard InChI is InChI=1S/C14H14N4O/c1-10-3-5-11(6-4-10)8-18-9-15-13-12(14(18)19)7-16-17(13)2/h3-7,9H,8H2,1-2H3. The Bertz CT molecular complexity index is 783. The molecule has 0 N–H and O–H groups in total. The molecular weight excluding hydrogens is 240 g/mol. The number of aryl methyl sites for hydroxylation is 2. The summed E-state index contributed by atoms with van der Waals surface area (Å²) in [6, 6.07) is 8.12. The highest BCUT2D eigenvalue weighted by atomic mass is 16.1. The van der Waals surface area contributed by atoms with Gasteiger partial charge in [0.25, 0.3) is 5.56 Å². The van der Waals surface area contributed by atoms with Crippen LogP contribution >= 0.6 is 0 Å². The van der Waals surface area contributed by atoms with Crippen LogP contribution in [-0.2, 0) is 13.6 Å². The third-order valence-corrected chi connectivity index (χ3v) is 3.19. The van der Waals surface area contributed by atoms with Gasteiger partial charge in [0.15, 0.2) is 5.65 Å². The van der Waals surface area contributed by atoms with E-state index < -0.39 is 0 Å². The quantitative estimate of drug-likeness (QED) is 0.696. The van der Waals surface area contributed by atoms with Crippen molar-refractivity contribution in [3.8, 4) is 0 Å². The summed E-state index contributed by atoms with van der Waals surface area (Å²) in [5.74, 6) is 0. The predicted molar refractivity (Wildman–Crippen MR) is 73.1 cm³/mol. The van der Waals surface area contributed by atoms with Crippen LogP contribution in [0.3, 0.4) is 0 Å². The van der Waals surface area contributed by atoms with Gasteiger partial charge in [-0.05, 0) is 12.5 Å². The number of hydrogen-bond acceptors (Lipinski definition) is 3. The fourth-order valence-electron chi connectivity index (χ4n) is 2.07. The van der Waals surface area contributed by atoms with E-state index in [0.717, 1.165) is 5.56 Å². The van der Waals surface area contributed by atoms with Gasteiger partial charge >= 0.3 is 0 Å². The molecule has 0 unspecified atom stereocenters. The van der Waals surface area contributed by atoms with E-state index in [0.29, 0.717) is 17.6 Å². The topological polar surface area (TPSA) is 52.7 Å². The lowest BCUT2D eigenvalue weighted by Crippen LogP contribution is -2.21. The number of hydrogen-bond donors (Lipinski definition) is 0. The molecule has 19 heavy (non-hydrogen) atoms. The average Bonchev–Trinajstić information content (AvgIpc) is 2.78. The van der Waals surface area contributed by atoms with Gasteiger partial charge in [0.1, 0.15) is 11.7 Å². The van der Waals surface area contributed by atoms with Crippen LogP contribution < -0.4 is 5.56 Å². The molecule has 5 nitrogen and oxygen atoms in total. The van der Waals surface area contributed by atoms with Gasteiger partial charge in [0.2, 0.25) is 0 Å². The molecule has 0 spiro atoms. The summed E-state index contributed by atoms with van der Waals surface area (Å²) in [5.41, 5.74) is 2.85. The molecule has 3 aromatic rings. The van der Waals surface area contributed by atoms with Crippen LogP contribution in [0, 0.1) is 6.92 Å². The lowest BCUT2D eigenvalue weighted by atomic mass is 10.1. The molecule has 0 saturated heterocycles. The molecule has 0 aliphatic heterocycles. The molecule has 0 fully saturated rings. The zero-order chi connectivity index (χ0) is 13.4. The second-order valence-corrected chi connectivity index (χ2v) is 4.67. The summed E-state index contributed by atoms with van der Waals surface area (Å²) in [5, 5.41) is 4.61. The smallest absolute Gasteiger partial charge is 0.264 e. The van der Waals surface area contributed by atoms with Crippen molar-refractivity contribution in [2.24, 2.45) is 7.05 Å². The van der Waals surface area contributed by atoms with Crippen molar-refractivity contribution in [3.05, 3.63) is 58.3 Å². The highest BCUT2D eigenvalue weighted by Crippen LogP contribution is 2.07. The van der Waals surface area contributed by atoms with Gasteiger partial charge in [-0.25, -0.2) is 4.98 Å². The number of fused-ring (bicyclic) bond motifs is 1. The maximum absolute atomic E-state index is 12.3. The molecule has 0 amide bonds. The lowest BCUT2D eigenvalue weighted by Gasteiger charge is -2.05. The molecule has 3 rings (SSSR count). The average molecular weight is 254 g/mol. The second-order valence-electron chi connectivity index (χ2n) is 4.67. The number of nitrogens with zero attached hydrogens (tertiary/aromatic N) is 4. The monoisotopic (exact) mass is 254 g/mol. The molecular formula is C14H14N4O. The predicted octanol–water partition coefficient (Wildman–Crippen LogP) is 1.49. The molecule has 0 saturated carbocycles. The molecule has 0 aliphatic rings. The van der Waals surface area contributed by atoms with E-state index in [9.17, 15) is 4.79 Å². The minimum absolute atomic E-state index is 0.0568. The van der Waals surface area contributed by atoms with Gasteiger partial charge in [-0.1, -0.05) is 29.8 Å². The first-order valence-corrected chi connectivity index (χ1v) is 6.08. The van der Waals surface area contributed by atoms with E-state index in [1.165, 1.54) is 5.56 Å². The Hall–Kier alpha value is -2.43. The minimum Gasteiger partial charge on any atom is -0.294 e. The number of benzene rings is 1. The Balaban J connectivity index is 2.04.